The van der Waals surface area contributed by atoms with E-state index in [2.05, 4.69) is 11.9 Å². The van der Waals surface area contributed by atoms with E-state index in [0.29, 0.717) is 0 Å². The molecule has 0 spiro atoms. The summed E-state index contributed by atoms with van der Waals surface area (Å²) in [5, 5.41) is 8.94. The van der Waals surface area contributed by atoms with E-state index in [0.717, 1.165) is 17.5 Å². The van der Waals surface area contributed by atoms with E-state index in [-0.39, 0.29) is 5.56 Å². The molecule has 3 nitrogen and oxygen atoms in total. The summed E-state index contributed by atoms with van der Waals surface area (Å²) >= 11 is 0. The molecule has 0 unspecified atom stereocenters. The zero-order valence-electron chi connectivity index (χ0n) is 9.55. The van der Waals surface area contributed by atoms with Crippen LogP contribution in [0.25, 0.3) is 11.1 Å². The van der Waals surface area contributed by atoms with Gasteiger partial charge in [-0.2, -0.15) is 0 Å². The van der Waals surface area contributed by atoms with Crippen LogP contribution in [0.15, 0.2) is 42.7 Å². The molecule has 0 amide bonds. The molecule has 1 aromatic heterocycles. The highest BCUT2D eigenvalue weighted by molar-refractivity contribution is 5.89. The Morgan fingerprint density at radius 1 is 1.29 bits per heavy atom. The lowest BCUT2D eigenvalue weighted by Gasteiger charge is -2.07. The van der Waals surface area contributed by atoms with Crippen LogP contribution in [0.4, 0.5) is 0 Å². The number of aromatic carboxylic acids is 1. The normalized spacial score (nSPS) is 10.2. The number of nitrogens with zero attached hydrogens (tertiary/aromatic N) is 1. The molecule has 0 aliphatic carbocycles. The molecule has 1 heterocycles. The first-order valence-corrected chi connectivity index (χ1v) is 5.49. The van der Waals surface area contributed by atoms with Crippen molar-refractivity contribution in [2.75, 3.05) is 0 Å². The average Bonchev–Trinajstić information content (AvgIpc) is 2.39. The molecular weight excluding hydrogens is 214 g/mol. The van der Waals surface area contributed by atoms with Crippen LogP contribution in [0.1, 0.15) is 22.8 Å². The Labute approximate surface area is 99.8 Å². The number of benzene rings is 1. The van der Waals surface area contributed by atoms with Gasteiger partial charge in [0.25, 0.3) is 0 Å². The van der Waals surface area contributed by atoms with Crippen molar-refractivity contribution >= 4 is 5.97 Å². The van der Waals surface area contributed by atoms with Gasteiger partial charge in [-0.25, -0.2) is 4.79 Å². The quantitative estimate of drug-likeness (QED) is 0.876. The Morgan fingerprint density at radius 2 is 2.06 bits per heavy atom. The predicted octanol–water partition coefficient (Wildman–Crippen LogP) is 3.01. The van der Waals surface area contributed by atoms with Crippen LogP contribution in [-0.4, -0.2) is 16.1 Å². The predicted molar refractivity (Wildman–Crippen MR) is 66.0 cm³/mol. The molecule has 1 N–H and O–H groups in total. The molecule has 2 aromatic rings. The first kappa shape index (κ1) is 11.3. The molecule has 0 radical (unpaired) electrons. The third kappa shape index (κ3) is 2.33. The largest absolute Gasteiger partial charge is 0.478 e. The summed E-state index contributed by atoms with van der Waals surface area (Å²) in [4.78, 5) is 14.9. The number of carbonyl (C=O) groups is 1. The maximum Gasteiger partial charge on any atom is 0.337 e. The second-order valence-electron chi connectivity index (χ2n) is 3.78. The molecule has 3 heteroatoms. The number of rotatable bonds is 3. The molecule has 86 valence electrons. The number of hydrogen-bond acceptors (Lipinski definition) is 2. The Morgan fingerprint density at radius 3 is 2.76 bits per heavy atom. The Hall–Kier alpha value is -2.16. The number of pyridine rings is 1. The summed E-state index contributed by atoms with van der Waals surface area (Å²) in [6.45, 7) is 2.08. The maximum absolute atomic E-state index is 10.9. The molecular formula is C14H13NO2. The molecule has 0 atom stereocenters. The first-order chi connectivity index (χ1) is 8.22. The second-order valence-corrected chi connectivity index (χ2v) is 3.78. The van der Waals surface area contributed by atoms with E-state index in [9.17, 15) is 4.79 Å². The van der Waals surface area contributed by atoms with Crippen LogP contribution in [0.3, 0.4) is 0 Å². The lowest BCUT2D eigenvalue weighted by Crippen LogP contribution is -1.98. The number of aryl methyl sites for hydroxylation is 1. The lowest BCUT2D eigenvalue weighted by atomic mass is 9.98. The fourth-order valence-electron chi connectivity index (χ4n) is 1.81. The minimum absolute atomic E-state index is 0.216. The van der Waals surface area contributed by atoms with Gasteiger partial charge in [0.05, 0.1) is 5.56 Å². The fourth-order valence-corrected chi connectivity index (χ4v) is 1.81. The third-order valence-corrected chi connectivity index (χ3v) is 2.69. The zero-order valence-corrected chi connectivity index (χ0v) is 9.55. The van der Waals surface area contributed by atoms with Crippen molar-refractivity contribution in [3.05, 3.63) is 53.9 Å². The van der Waals surface area contributed by atoms with E-state index in [1.807, 2.05) is 24.3 Å². The van der Waals surface area contributed by atoms with Gasteiger partial charge in [0.15, 0.2) is 0 Å². The topological polar surface area (TPSA) is 50.2 Å². The highest BCUT2D eigenvalue weighted by atomic mass is 16.4. The highest BCUT2D eigenvalue weighted by Crippen LogP contribution is 2.24. The average molecular weight is 227 g/mol. The molecule has 0 fully saturated rings. The number of carboxylic acids is 1. The van der Waals surface area contributed by atoms with Gasteiger partial charge in [-0.1, -0.05) is 31.2 Å². The molecule has 0 aliphatic rings. The zero-order chi connectivity index (χ0) is 12.3. The fraction of sp³-hybridized carbons (Fsp3) is 0.143. The standard InChI is InChI=1S/C14H13NO2/c1-2-10-5-3-4-6-13(10)11-7-12(14(16)17)9-15-8-11/h3-9H,2H2,1H3,(H,16,17). The lowest BCUT2D eigenvalue weighted by molar-refractivity contribution is 0.0696. The van der Waals surface area contributed by atoms with Crippen molar-refractivity contribution in [3.63, 3.8) is 0 Å². The van der Waals surface area contributed by atoms with Gasteiger partial charge in [0.2, 0.25) is 0 Å². The van der Waals surface area contributed by atoms with Gasteiger partial charge >= 0.3 is 5.97 Å². The molecule has 17 heavy (non-hydrogen) atoms. The number of hydrogen-bond donors (Lipinski definition) is 1. The van der Waals surface area contributed by atoms with Gasteiger partial charge in [0.1, 0.15) is 0 Å². The van der Waals surface area contributed by atoms with Crippen molar-refractivity contribution in [2.24, 2.45) is 0 Å². The Bertz CT molecular complexity index is 549. The summed E-state index contributed by atoms with van der Waals surface area (Å²) < 4.78 is 0. The molecule has 0 saturated heterocycles. The Kier molecular flexibility index (Phi) is 3.19. The molecule has 0 bridgehead atoms. The summed E-state index contributed by atoms with van der Waals surface area (Å²) in [6.07, 6.45) is 3.97. The van der Waals surface area contributed by atoms with Gasteiger partial charge < -0.3 is 5.11 Å². The molecule has 0 saturated carbocycles. The van der Waals surface area contributed by atoms with E-state index in [1.165, 1.54) is 11.8 Å². The van der Waals surface area contributed by atoms with Crippen LogP contribution in [-0.2, 0) is 6.42 Å². The van der Waals surface area contributed by atoms with Crippen molar-refractivity contribution in [1.82, 2.24) is 4.98 Å². The maximum atomic E-state index is 10.9. The van der Waals surface area contributed by atoms with Gasteiger partial charge in [0, 0.05) is 18.0 Å². The molecule has 2 rings (SSSR count). The van der Waals surface area contributed by atoms with Crippen LogP contribution in [0, 0.1) is 0 Å². The van der Waals surface area contributed by atoms with Crippen molar-refractivity contribution in [1.29, 1.82) is 0 Å². The summed E-state index contributed by atoms with van der Waals surface area (Å²) in [6, 6.07) is 9.62. The van der Waals surface area contributed by atoms with Crippen LogP contribution in [0.2, 0.25) is 0 Å². The third-order valence-electron chi connectivity index (χ3n) is 2.69. The smallest absolute Gasteiger partial charge is 0.337 e. The van der Waals surface area contributed by atoms with Crippen LogP contribution in [0.5, 0.6) is 0 Å². The summed E-state index contributed by atoms with van der Waals surface area (Å²) in [5.41, 5.74) is 3.30. The van der Waals surface area contributed by atoms with Gasteiger partial charge in [-0.15, -0.1) is 0 Å². The van der Waals surface area contributed by atoms with E-state index < -0.39 is 5.97 Å². The molecule has 0 aliphatic heterocycles. The van der Waals surface area contributed by atoms with Crippen molar-refractivity contribution in [2.45, 2.75) is 13.3 Å². The minimum Gasteiger partial charge on any atom is -0.478 e. The molecule has 1 aromatic carbocycles. The van der Waals surface area contributed by atoms with Gasteiger partial charge in [-0.05, 0) is 23.6 Å². The monoisotopic (exact) mass is 227 g/mol. The Balaban J connectivity index is 2.52. The number of carboxylic acid groups (broad SMARTS) is 1. The van der Waals surface area contributed by atoms with E-state index in [4.69, 9.17) is 5.11 Å². The van der Waals surface area contributed by atoms with E-state index in [1.54, 1.807) is 12.3 Å². The van der Waals surface area contributed by atoms with Crippen LogP contribution < -0.4 is 0 Å². The summed E-state index contributed by atoms with van der Waals surface area (Å²) in [7, 11) is 0. The minimum atomic E-state index is -0.951. The van der Waals surface area contributed by atoms with Crippen molar-refractivity contribution < 1.29 is 9.90 Å². The highest BCUT2D eigenvalue weighted by Gasteiger charge is 2.07. The first-order valence-electron chi connectivity index (χ1n) is 5.49. The van der Waals surface area contributed by atoms with Gasteiger partial charge in [-0.3, -0.25) is 4.98 Å². The van der Waals surface area contributed by atoms with Crippen molar-refractivity contribution in [3.8, 4) is 11.1 Å². The van der Waals surface area contributed by atoms with E-state index >= 15 is 0 Å². The SMILES string of the molecule is CCc1ccccc1-c1cncc(C(=O)O)c1. The summed E-state index contributed by atoms with van der Waals surface area (Å²) in [5.74, 6) is -0.951. The van der Waals surface area contributed by atoms with Crippen LogP contribution >= 0.6 is 0 Å². The number of aromatic nitrogens is 1. The second kappa shape index (κ2) is 4.78.